The third kappa shape index (κ3) is 4.12. The van der Waals surface area contributed by atoms with Gasteiger partial charge in [-0.25, -0.2) is 0 Å². The monoisotopic (exact) mass is 446 g/mol. The number of hydrogen-bond acceptors (Lipinski definition) is 4. The number of aromatic amines is 1. The Morgan fingerprint density at radius 1 is 1.37 bits per heavy atom. The average Bonchev–Trinajstić information content (AvgIpc) is 2.97. The van der Waals surface area contributed by atoms with E-state index in [1.165, 1.54) is 10.1 Å². The highest BCUT2D eigenvalue weighted by molar-refractivity contribution is 9.10. The van der Waals surface area contributed by atoms with E-state index in [4.69, 9.17) is 12.2 Å². The number of rotatable bonds is 6. The number of aryl methyl sites for hydroxylation is 1. The van der Waals surface area contributed by atoms with Crippen molar-refractivity contribution in [3.63, 3.8) is 0 Å². The van der Waals surface area contributed by atoms with Gasteiger partial charge < -0.3 is 5.11 Å². The molecule has 0 saturated heterocycles. The van der Waals surface area contributed by atoms with E-state index in [0.29, 0.717) is 13.1 Å². The summed E-state index contributed by atoms with van der Waals surface area (Å²) in [4.78, 5) is 15.0. The highest BCUT2D eigenvalue weighted by Gasteiger charge is 2.17. The summed E-state index contributed by atoms with van der Waals surface area (Å²) >= 11 is 8.61. The Morgan fingerprint density at radius 2 is 2.07 bits per heavy atom. The molecule has 3 rings (SSSR count). The maximum atomic E-state index is 12.4. The number of allylic oxidation sites excluding steroid dienone is 1. The van der Waals surface area contributed by atoms with E-state index in [1.807, 2.05) is 35.9 Å². The lowest BCUT2D eigenvalue weighted by molar-refractivity contribution is 0.407. The average molecular weight is 447 g/mol. The van der Waals surface area contributed by atoms with Gasteiger partial charge in [0.25, 0.3) is 5.56 Å². The van der Waals surface area contributed by atoms with Gasteiger partial charge >= 0.3 is 0 Å². The van der Waals surface area contributed by atoms with Crippen LogP contribution in [0.2, 0.25) is 0 Å². The summed E-state index contributed by atoms with van der Waals surface area (Å²) < 4.78 is 4.18. The Bertz CT molecular complexity index is 1100. The van der Waals surface area contributed by atoms with Crippen LogP contribution in [-0.2, 0) is 19.5 Å². The second-order valence-corrected chi connectivity index (χ2v) is 7.46. The Labute approximate surface area is 169 Å². The third-order valence-electron chi connectivity index (χ3n) is 4.27. The number of H-pyrrole nitrogens is 1. The topological polar surface area (TPSA) is 75.8 Å². The molecule has 0 fully saturated rings. The van der Waals surface area contributed by atoms with Crippen LogP contribution in [-0.4, -0.2) is 24.4 Å². The number of aromatic hydroxyl groups is 1. The van der Waals surface area contributed by atoms with Crippen molar-refractivity contribution in [3.8, 4) is 5.88 Å². The van der Waals surface area contributed by atoms with Crippen LogP contribution >= 0.6 is 28.1 Å². The predicted molar refractivity (Wildman–Crippen MR) is 111 cm³/mol. The number of aromatic nitrogens is 4. The zero-order valence-corrected chi connectivity index (χ0v) is 17.2. The molecule has 0 atom stereocenters. The van der Waals surface area contributed by atoms with Gasteiger partial charge in [-0.05, 0) is 40.6 Å². The van der Waals surface area contributed by atoms with Crippen molar-refractivity contribution in [2.45, 2.75) is 26.4 Å². The number of halogens is 1. The van der Waals surface area contributed by atoms with Gasteiger partial charge in [0.15, 0.2) is 4.77 Å². The summed E-state index contributed by atoms with van der Waals surface area (Å²) in [6, 6.07) is 8.18. The second-order valence-electron chi connectivity index (χ2n) is 6.22. The van der Waals surface area contributed by atoms with Gasteiger partial charge in [-0.3, -0.25) is 19.0 Å². The summed E-state index contributed by atoms with van der Waals surface area (Å²) in [5, 5.41) is 15.0. The fourth-order valence-corrected chi connectivity index (χ4v) is 3.48. The molecule has 0 saturated carbocycles. The smallest absolute Gasteiger partial charge is 0.259 e. The standard InChI is InChI=1S/C19H19BrN4O2S/c1-3-8-23-18(26)14(17(25)22-19(23)27)9-16-15(20)10-21-24(16)11-13-6-4-12(2)5-7-13/h3-7,10,26H,1,8-9,11H2,2H3,(H,22,25,27). The van der Waals surface area contributed by atoms with Crippen molar-refractivity contribution < 1.29 is 5.11 Å². The molecule has 0 spiro atoms. The van der Waals surface area contributed by atoms with Crippen LogP contribution in [0.5, 0.6) is 5.88 Å². The Morgan fingerprint density at radius 3 is 2.74 bits per heavy atom. The van der Waals surface area contributed by atoms with E-state index in [0.717, 1.165) is 15.7 Å². The molecular weight excluding hydrogens is 428 g/mol. The van der Waals surface area contributed by atoms with Crippen LogP contribution in [0.15, 0.2) is 52.4 Å². The molecule has 6 nitrogen and oxygen atoms in total. The molecule has 2 heterocycles. The molecule has 0 aliphatic rings. The molecule has 0 radical (unpaired) electrons. The highest BCUT2D eigenvalue weighted by Crippen LogP contribution is 2.23. The van der Waals surface area contributed by atoms with Crippen LogP contribution in [0.25, 0.3) is 0 Å². The van der Waals surface area contributed by atoms with E-state index in [-0.39, 0.29) is 22.6 Å². The lowest BCUT2D eigenvalue weighted by Crippen LogP contribution is -2.20. The van der Waals surface area contributed by atoms with Gasteiger partial charge in [0.05, 0.1) is 28.5 Å². The third-order valence-corrected chi connectivity index (χ3v) is 5.26. The lowest BCUT2D eigenvalue weighted by atomic mass is 10.1. The van der Waals surface area contributed by atoms with Crippen molar-refractivity contribution >= 4 is 28.1 Å². The normalized spacial score (nSPS) is 10.9. The molecule has 0 aliphatic heterocycles. The summed E-state index contributed by atoms with van der Waals surface area (Å²) in [5.41, 5.74) is 2.90. The quantitative estimate of drug-likeness (QED) is 0.446. The van der Waals surface area contributed by atoms with E-state index >= 15 is 0 Å². The maximum Gasteiger partial charge on any atom is 0.259 e. The van der Waals surface area contributed by atoms with E-state index in [9.17, 15) is 9.90 Å². The molecule has 140 valence electrons. The molecule has 2 N–H and O–H groups in total. The van der Waals surface area contributed by atoms with Crippen molar-refractivity contribution in [1.82, 2.24) is 19.3 Å². The van der Waals surface area contributed by atoms with E-state index < -0.39 is 5.56 Å². The first kappa shape index (κ1) is 19.3. The van der Waals surface area contributed by atoms with Crippen LogP contribution in [0.3, 0.4) is 0 Å². The van der Waals surface area contributed by atoms with Crippen LogP contribution < -0.4 is 5.56 Å². The minimum absolute atomic E-state index is 0.154. The summed E-state index contributed by atoms with van der Waals surface area (Å²) in [5.74, 6) is -0.154. The molecule has 0 bridgehead atoms. The molecule has 0 aliphatic carbocycles. The summed E-state index contributed by atoms with van der Waals surface area (Å²) in [7, 11) is 0. The minimum atomic E-state index is -0.409. The summed E-state index contributed by atoms with van der Waals surface area (Å²) in [6.45, 7) is 6.56. The minimum Gasteiger partial charge on any atom is -0.494 e. The first-order valence-corrected chi connectivity index (χ1v) is 9.52. The Hall–Kier alpha value is -2.45. The van der Waals surface area contributed by atoms with Crippen LogP contribution in [0.4, 0.5) is 0 Å². The first-order chi connectivity index (χ1) is 12.9. The fourth-order valence-electron chi connectivity index (χ4n) is 2.79. The van der Waals surface area contributed by atoms with Crippen molar-refractivity contribution in [3.05, 3.63) is 85.1 Å². The molecule has 8 heteroatoms. The van der Waals surface area contributed by atoms with Gasteiger partial charge in [-0.1, -0.05) is 35.9 Å². The van der Waals surface area contributed by atoms with Crippen LogP contribution in [0.1, 0.15) is 22.4 Å². The second kappa shape index (κ2) is 8.06. The molecule has 27 heavy (non-hydrogen) atoms. The number of hydrogen-bond donors (Lipinski definition) is 2. The molecule has 0 unspecified atom stereocenters. The van der Waals surface area contributed by atoms with Gasteiger partial charge in [0.1, 0.15) is 0 Å². The van der Waals surface area contributed by atoms with Gasteiger partial charge in [0.2, 0.25) is 5.88 Å². The lowest BCUT2D eigenvalue weighted by Gasteiger charge is -2.13. The maximum absolute atomic E-state index is 12.4. The van der Waals surface area contributed by atoms with Crippen molar-refractivity contribution in [1.29, 1.82) is 0 Å². The summed E-state index contributed by atoms with van der Waals surface area (Å²) in [6.07, 6.45) is 3.50. The molecular formula is C19H19BrN4O2S. The number of nitrogens with one attached hydrogen (secondary N) is 1. The number of nitrogens with zero attached hydrogens (tertiary/aromatic N) is 3. The van der Waals surface area contributed by atoms with Gasteiger partial charge in [-0.2, -0.15) is 5.10 Å². The highest BCUT2D eigenvalue weighted by atomic mass is 79.9. The van der Waals surface area contributed by atoms with E-state index in [1.54, 1.807) is 12.3 Å². The fraction of sp³-hybridized carbons (Fsp3) is 0.211. The van der Waals surface area contributed by atoms with E-state index in [2.05, 4.69) is 32.6 Å². The number of benzene rings is 1. The molecule has 1 aromatic carbocycles. The van der Waals surface area contributed by atoms with Gasteiger partial charge in [0, 0.05) is 13.0 Å². The van der Waals surface area contributed by atoms with Gasteiger partial charge in [-0.15, -0.1) is 6.58 Å². The van der Waals surface area contributed by atoms with Crippen LogP contribution in [0, 0.1) is 11.7 Å². The SMILES string of the molecule is C=CCn1c(O)c(Cc2c(Br)cnn2Cc2ccc(C)cc2)c(=O)[nH]c1=S. The Kier molecular flexibility index (Phi) is 5.76. The largest absolute Gasteiger partial charge is 0.494 e. The van der Waals surface area contributed by atoms with Crippen molar-refractivity contribution in [2.75, 3.05) is 0 Å². The predicted octanol–water partition coefficient (Wildman–Crippen LogP) is 3.70. The molecule has 2 aromatic heterocycles. The molecule has 3 aromatic rings. The molecule has 0 amide bonds. The first-order valence-electron chi connectivity index (χ1n) is 8.32. The van der Waals surface area contributed by atoms with Crippen molar-refractivity contribution in [2.24, 2.45) is 0 Å². The zero-order chi connectivity index (χ0) is 19.6. The Balaban J connectivity index is 1.99. The zero-order valence-electron chi connectivity index (χ0n) is 14.8.